The first-order valence-corrected chi connectivity index (χ1v) is 11.2. The van der Waals surface area contributed by atoms with E-state index in [1.165, 1.54) is 0 Å². The van der Waals surface area contributed by atoms with Crippen LogP contribution >= 0.6 is 0 Å². The number of anilines is 1. The third kappa shape index (κ3) is 4.74. The lowest BCUT2D eigenvalue weighted by molar-refractivity contribution is -0.131. The van der Waals surface area contributed by atoms with E-state index in [1.807, 2.05) is 61.2 Å². The number of carbonyl (C=O) groups excluding carboxylic acids is 3. The molecule has 6 nitrogen and oxygen atoms in total. The zero-order valence-electron chi connectivity index (χ0n) is 18.7. The Balaban J connectivity index is 1.58. The zero-order valence-corrected chi connectivity index (χ0v) is 18.7. The lowest BCUT2D eigenvalue weighted by Crippen LogP contribution is -2.34. The van der Waals surface area contributed by atoms with Gasteiger partial charge in [0.2, 0.25) is 5.91 Å². The molecule has 6 heteroatoms. The number of nitrogens with zero attached hydrogens (tertiary/aromatic N) is 2. The van der Waals surface area contributed by atoms with Crippen LogP contribution in [0.25, 0.3) is 10.9 Å². The fourth-order valence-corrected chi connectivity index (χ4v) is 4.48. The van der Waals surface area contributed by atoms with E-state index < -0.39 is 11.7 Å². The number of benzene rings is 2. The molecule has 2 heterocycles. The fourth-order valence-electron chi connectivity index (χ4n) is 4.48. The van der Waals surface area contributed by atoms with Crippen molar-refractivity contribution in [3.05, 3.63) is 65.4 Å². The summed E-state index contributed by atoms with van der Waals surface area (Å²) in [6.45, 7) is 5.61. The number of aryl methyl sites for hydroxylation is 2. The molecule has 1 N–H and O–H groups in total. The van der Waals surface area contributed by atoms with Crippen molar-refractivity contribution in [1.29, 1.82) is 0 Å². The monoisotopic (exact) mass is 431 g/mol. The zero-order chi connectivity index (χ0) is 22.7. The number of para-hydroxylation sites is 1. The van der Waals surface area contributed by atoms with Crippen LogP contribution in [0.4, 0.5) is 5.69 Å². The van der Waals surface area contributed by atoms with Crippen molar-refractivity contribution < 1.29 is 14.4 Å². The van der Waals surface area contributed by atoms with E-state index in [-0.39, 0.29) is 12.5 Å². The Hall–Kier alpha value is -3.41. The number of hydrogen-bond donors (Lipinski definition) is 1. The molecule has 0 aliphatic carbocycles. The number of carbonyl (C=O) groups is 3. The molecule has 4 rings (SSSR count). The molecule has 166 valence electrons. The Morgan fingerprint density at radius 1 is 0.906 bits per heavy atom. The van der Waals surface area contributed by atoms with Gasteiger partial charge in [0.1, 0.15) is 6.54 Å². The average Bonchev–Trinajstić information content (AvgIpc) is 2.92. The van der Waals surface area contributed by atoms with Gasteiger partial charge in [0, 0.05) is 35.9 Å². The second-order valence-corrected chi connectivity index (χ2v) is 8.64. The number of aromatic nitrogens is 1. The van der Waals surface area contributed by atoms with Gasteiger partial charge in [-0.05, 0) is 56.0 Å². The molecule has 1 aliphatic heterocycles. The highest BCUT2D eigenvalue weighted by atomic mass is 16.2. The standard InChI is InChI=1S/C26H29N3O3/c1-18-13-19(2)15-20(14-18)27-26(32)25(31)22-16-29(23-10-6-5-9-21(22)23)17-24(30)28-11-7-3-4-8-12-28/h5-6,9-10,13-16H,3-4,7-8,11-12,17H2,1-2H3,(H,27,32). The number of amides is 2. The molecule has 32 heavy (non-hydrogen) atoms. The van der Waals surface area contributed by atoms with Gasteiger partial charge in [-0.3, -0.25) is 14.4 Å². The number of nitrogens with one attached hydrogen (secondary N) is 1. The van der Waals surface area contributed by atoms with Crippen LogP contribution in [0, 0.1) is 13.8 Å². The summed E-state index contributed by atoms with van der Waals surface area (Å²) in [5, 5.41) is 3.40. The first-order valence-electron chi connectivity index (χ1n) is 11.2. The van der Waals surface area contributed by atoms with Crippen LogP contribution in [0.3, 0.4) is 0 Å². The largest absolute Gasteiger partial charge is 0.341 e. The van der Waals surface area contributed by atoms with Crippen LogP contribution in [-0.2, 0) is 16.1 Å². The van der Waals surface area contributed by atoms with Crippen molar-refractivity contribution in [2.24, 2.45) is 0 Å². The second kappa shape index (κ2) is 9.39. The van der Waals surface area contributed by atoms with Gasteiger partial charge in [-0.15, -0.1) is 0 Å². The average molecular weight is 432 g/mol. The number of ketones is 1. The molecule has 2 aromatic carbocycles. The van der Waals surface area contributed by atoms with Crippen LogP contribution in [0.15, 0.2) is 48.7 Å². The van der Waals surface area contributed by atoms with E-state index in [0.29, 0.717) is 16.6 Å². The van der Waals surface area contributed by atoms with Crippen LogP contribution < -0.4 is 5.32 Å². The topological polar surface area (TPSA) is 71.4 Å². The first-order chi connectivity index (χ1) is 15.4. The molecule has 0 radical (unpaired) electrons. The van der Waals surface area contributed by atoms with Gasteiger partial charge in [0.05, 0.1) is 5.56 Å². The summed E-state index contributed by atoms with van der Waals surface area (Å²) in [4.78, 5) is 40.6. The Morgan fingerprint density at radius 3 is 2.25 bits per heavy atom. The predicted molar refractivity (Wildman–Crippen MR) is 126 cm³/mol. The van der Waals surface area contributed by atoms with Gasteiger partial charge in [0.15, 0.2) is 0 Å². The van der Waals surface area contributed by atoms with E-state index in [2.05, 4.69) is 5.32 Å². The van der Waals surface area contributed by atoms with Crippen LogP contribution in [0.1, 0.15) is 47.2 Å². The van der Waals surface area contributed by atoms with Crippen molar-refractivity contribution >= 4 is 34.2 Å². The Morgan fingerprint density at radius 2 is 1.56 bits per heavy atom. The molecule has 0 unspecified atom stereocenters. The maximum Gasteiger partial charge on any atom is 0.296 e. The summed E-state index contributed by atoms with van der Waals surface area (Å²) < 4.78 is 1.79. The molecule has 1 saturated heterocycles. The van der Waals surface area contributed by atoms with Crippen LogP contribution in [-0.4, -0.2) is 40.2 Å². The molecule has 0 atom stereocenters. The molecular weight excluding hydrogens is 402 g/mol. The Kier molecular flexibility index (Phi) is 6.40. The highest BCUT2D eigenvalue weighted by Gasteiger charge is 2.23. The van der Waals surface area contributed by atoms with E-state index in [9.17, 15) is 14.4 Å². The Labute approximate surface area is 188 Å². The molecule has 1 aromatic heterocycles. The smallest absolute Gasteiger partial charge is 0.296 e. The summed E-state index contributed by atoms with van der Waals surface area (Å²) in [6.07, 6.45) is 6.01. The molecule has 1 aliphatic rings. The molecule has 1 fully saturated rings. The lowest BCUT2D eigenvalue weighted by atomic mass is 10.1. The van der Waals surface area contributed by atoms with Crippen molar-refractivity contribution in [2.45, 2.75) is 46.1 Å². The molecule has 0 bridgehead atoms. The number of Topliss-reactive ketones (excluding diaryl/α,β-unsaturated/α-hetero) is 1. The van der Waals surface area contributed by atoms with Crippen LogP contribution in [0.5, 0.6) is 0 Å². The molecular formula is C26H29N3O3. The number of hydrogen-bond acceptors (Lipinski definition) is 3. The second-order valence-electron chi connectivity index (χ2n) is 8.64. The maximum absolute atomic E-state index is 13.1. The third-order valence-corrected chi connectivity index (χ3v) is 5.98. The molecule has 2 amide bonds. The number of likely N-dealkylation sites (tertiary alicyclic amines) is 1. The minimum atomic E-state index is -0.684. The number of rotatable bonds is 5. The van der Waals surface area contributed by atoms with Gasteiger partial charge < -0.3 is 14.8 Å². The van der Waals surface area contributed by atoms with Crippen molar-refractivity contribution in [1.82, 2.24) is 9.47 Å². The van der Waals surface area contributed by atoms with Gasteiger partial charge in [-0.2, -0.15) is 0 Å². The van der Waals surface area contributed by atoms with E-state index >= 15 is 0 Å². The Bertz CT molecular complexity index is 1150. The maximum atomic E-state index is 13.1. The third-order valence-electron chi connectivity index (χ3n) is 5.98. The predicted octanol–water partition coefficient (Wildman–Crippen LogP) is 4.48. The summed E-state index contributed by atoms with van der Waals surface area (Å²) in [5.41, 5.74) is 3.71. The quantitative estimate of drug-likeness (QED) is 0.478. The van der Waals surface area contributed by atoms with E-state index in [1.54, 1.807) is 10.8 Å². The molecule has 0 spiro atoms. The number of fused-ring (bicyclic) bond motifs is 1. The normalized spacial score (nSPS) is 14.2. The van der Waals surface area contributed by atoms with E-state index in [0.717, 1.165) is 55.4 Å². The molecule has 0 saturated carbocycles. The fraction of sp³-hybridized carbons (Fsp3) is 0.346. The van der Waals surface area contributed by atoms with Crippen molar-refractivity contribution in [3.8, 4) is 0 Å². The summed E-state index contributed by atoms with van der Waals surface area (Å²) in [6, 6.07) is 13.1. The minimum absolute atomic E-state index is 0.0475. The summed E-state index contributed by atoms with van der Waals surface area (Å²) in [7, 11) is 0. The lowest BCUT2D eigenvalue weighted by Gasteiger charge is -2.20. The SMILES string of the molecule is Cc1cc(C)cc(NC(=O)C(=O)c2cn(CC(=O)N3CCCCCC3)c3ccccc23)c1. The van der Waals surface area contributed by atoms with Crippen LogP contribution in [0.2, 0.25) is 0 Å². The summed E-state index contributed by atoms with van der Waals surface area (Å²) in [5.74, 6) is -1.25. The first kappa shape index (κ1) is 21.8. The van der Waals surface area contributed by atoms with Gasteiger partial charge in [0.25, 0.3) is 11.7 Å². The van der Waals surface area contributed by atoms with Gasteiger partial charge in [-0.25, -0.2) is 0 Å². The molecule has 3 aromatic rings. The highest BCUT2D eigenvalue weighted by Crippen LogP contribution is 2.23. The van der Waals surface area contributed by atoms with Crippen molar-refractivity contribution in [2.75, 3.05) is 18.4 Å². The van der Waals surface area contributed by atoms with Gasteiger partial charge in [-0.1, -0.05) is 37.1 Å². The highest BCUT2D eigenvalue weighted by molar-refractivity contribution is 6.48. The minimum Gasteiger partial charge on any atom is -0.341 e. The van der Waals surface area contributed by atoms with Crippen molar-refractivity contribution in [3.63, 3.8) is 0 Å². The summed E-state index contributed by atoms with van der Waals surface area (Å²) >= 11 is 0. The van der Waals surface area contributed by atoms with E-state index in [4.69, 9.17) is 0 Å². The van der Waals surface area contributed by atoms with Gasteiger partial charge >= 0.3 is 0 Å².